The second kappa shape index (κ2) is 9.59. The van der Waals surface area contributed by atoms with Gasteiger partial charge >= 0.3 is 5.97 Å². The van der Waals surface area contributed by atoms with Gasteiger partial charge in [0.1, 0.15) is 11.6 Å². The second-order valence-electron chi connectivity index (χ2n) is 9.15. The maximum atomic E-state index is 13.3. The molecule has 1 aromatic heterocycles. The molecule has 0 radical (unpaired) electrons. The van der Waals surface area contributed by atoms with Crippen LogP contribution in [-0.2, 0) is 24.2 Å². The molecule has 1 heterocycles. The Kier molecular flexibility index (Phi) is 7.14. The molecule has 1 fully saturated rings. The number of carboxylic acid groups (broad SMARTS) is 1. The molecule has 2 N–H and O–H groups in total. The Balaban J connectivity index is 1.91. The topological polar surface area (TPSA) is 88.4 Å². The molecule has 1 atom stereocenters. The van der Waals surface area contributed by atoms with Crippen molar-refractivity contribution in [1.82, 2.24) is 9.88 Å². The van der Waals surface area contributed by atoms with Gasteiger partial charge in [-0.25, -0.2) is 4.79 Å². The molecule has 1 aromatic rings. The summed E-state index contributed by atoms with van der Waals surface area (Å²) < 4.78 is 1.84. The van der Waals surface area contributed by atoms with Crippen molar-refractivity contribution >= 4 is 11.9 Å². The van der Waals surface area contributed by atoms with Gasteiger partial charge in [-0.05, 0) is 68.4 Å². The molecule has 0 bridgehead atoms. The normalized spacial score (nSPS) is 18.3. The van der Waals surface area contributed by atoms with Crippen molar-refractivity contribution in [3.8, 4) is 0 Å². The molecule has 3 rings (SSSR count). The smallest absolute Gasteiger partial charge is 0.326 e. The van der Waals surface area contributed by atoms with Crippen LogP contribution < -0.4 is 10.9 Å². The van der Waals surface area contributed by atoms with E-state index < -0.39 is 17.9 Å². The number of hydrogen-bond acceptors (Lipinski definition) is 3. The molecule has 6 heteroatoms. The Morgan fingerprint density at radius 2 is 1.83 bits per heavy atom. The van der Waals surface area contributed by atoms with Crippen LogP contribution in [0.4, 0.5) is 0 Å². The van der Waals surface area contributed by atoms with Crippen molar-refractivity contribution in [1.29, 1.82) is 0 Å². The lowest BCUT2D eigenvalue weighted by atomic mass is 9.88. The number of aryl methyl sites for hydroxylation is 1. The van der Waals surface area contributed by atoms with Crippen LogP contribution >= 0.6 is 0 Å². The zero-order valence-electron chi connectivity index (χ0n) is 17.7. The van der Waals surface area contributed by atoms with E-state index in [1.807, 2.05) is 18.4 Å². The van der Waals surface area contributed by atoms with Crippen LogP contribution in [0.3, 0.4) is 0 Å². The van der Waals surface area contributed by atoms with Gasteiger partial charge < -0.3 is 15.0 Å². The van der Waals surface area contributed by atoms with Gasteiger partial charge in [0.15, 0.2) is 0 Å². The minimum atomic E-state index is -1.06. The molecule has 0 aromatic carbocycles. The first-order valence-electron chi connectivity index (χ1n) is 11.2. The summed E-state index contributed by atoms with van der Waals surface area (Å²) >= 11 is 0. The van der Waals surface area contributed by atoms with Crippen LogP contribution in [0.5, 0.6) is 0 Å². The number of carbonyl (C=O) groups excluding carboxylic acids is 1. The first-order chi connectivity index (χ1) is 13.9. The molecule has 0 saturated heterocycles. The minimum absolute atomic E-state index is 0.0939. The fraction of sp³-hybridized carbons (Fsp3) is 0.696. The number of rotatable bonds is 7. The largest absolute Gasteiger partial charge is 0.480 e. The number of hydrogen-bond donors (Lipinski definition) is 2. The first kappa shape index (κ1) is 21.6. The maximum absolute atomic E-state index is 13.3. The van der Waals surface area contributed by atoms with Gasteiger partial charge in [-0.3, -0.25) is 9.59 Å². The number of amides is 1. The quantitative estimate of drug-likeness (QED) is 0.730. The summed E-state index contributed by atoms with van der Waals surface area (Å²) in [4.78, 5) is 37.7. The Bertz CT molecular complexity index is 806. The molecule has 2 aliphatic carbocycles. The fourth-order valence-electron chi connectivity index (χ4n) is 4.79. The molecule has 160 valence electrons. The highest BCUT2D eigenvalue weighted by Gasteiger charge is 2.27. The predicted octanol–water partition coefficient (Wildman–Crippen LogP) is 3.54. The average Bonchev–Trinajstić information content (AvgIpc) is 2.69. The van der Waals surface area contributed by atoms with Crippen LogP contribution in [0.1, 0.15) is 86.8 Å². The maximum Gasteiger partial charge on any atom is 0.326 e. The number of aromatic nitrogens is 1. The molecule has 29 heavy (non-hydrogen) atoms. The average molecular weight is 403 g/mol. The third kappa shape index (κ3) is 5.28. The molecular formula is C23H34N2O4. The highest BCUT2D eigenvalue weighted by atomic mass is 16.4. The van der Waals surface area contributed by atoms with Gasteiger partial charge in [-0.2, -0.15) is 0 Å². The number of fused-ring (bicyclic) bond motifs is 1. The van der Waals surface area contributed by atoms with Crippen molar-refractivity contribution in [2.24, 2.45) is 11.8 Å². The standard InChI is InChI=1S/C23H34N2O4/c1-15(2)12-19(23(28)29)24-21(26)18-13-17-10-6-7-11-20(17)25(22(18)27)14-16-8-4-3-5-9-16/h13,15-16,19H,3-12,14H2,1-2H3,(H,24,26)(H,28,29)/t19-/m0/s1. The van der Waals surface area contributed by atoms with E-state index in [-0.39, 0.29) is 17.0 Å². The number of carboxylic acids is 1. The zero-order chi connectivity index (χ0) is 21.0. The summed E-state index contributed by atoms with van der Waals surface area (Å²) in [5, 5.41) is 12.0. The van der Waals surface area contributed by atoms with Crippen LogP contribution in [0.15, 0.2) is 10.9 Å². The van der Waals surface area contributed by atoms with Crippen molar-refractivity contribution < 1.29 is 14.7 Å². The van der Waals surface area contributed by atoms with Gasteiger partial charge in [-0.15, -0.1) is 0 Å². The number of carbonyl (C=O) groups is 2. The van der Waals surface area contributed by atoms with E-state index in [2.05, 4.69) is 5.32 Å². The highest BCUT2D eigenvalue weighted by molar-refractivity contribution is 5.96. The van der Waals surface area contributed by atoms with Gasteiger partial charge in [0, 0.05) is 12.2 Å². The van der Waals surface area contributed by atoms with Gasteiger partial charge in [0.25, 0.3) is 11.5 Å². The first-order valence-corrected chi connectivity index (χ1v) is 11.2. The molecule has 0 spiro atoms. The molecule has 1 saturated carbocycles. The number of pyridine rings is 1. The fourth-order valence-corrected chi connectivity index (χ4v) is 4.79. The highest BCUT2D eigenvalue weighted by Crippen LogP contribution is 2.27. The summed E-state index contributed by atoms with van der Waals surface area (Å²) in [6.07, 6.45) is 10.1. The van der Waals surface area contributed by atoms with E-state index in [4.69, 9.17) is 0 Å². The lowest BCUT2D eigenvalue weighted by Gasteiger charge is -2.27. The third-order valence-corrected chi connectivity index (χ3v) is 6.32. The lowest BCUT2D eigenvalue weighted by Crippen LogP contribution is -2.44. The van der Waals surface area contributed by atoms with Crippen LogP contribution in [0.2, 0.25) is 0 Å². The predicted molar refractivity (Wildman–Crippen MR) is 112 cm³/mol. The van der Waals surface area contributed by atoms with Crippen LogP contribution in [0.25, 0.3) is 0 Å². The number of nitrogens with one attached hydrogen (secondary N) is 1. The summed E-state index contributed by atoms with van der Waals surface area (Å²) in [5.41, 5.74) is 1.99. The molecular weight excluding hydrogens is 368 g/mol. The van der Waals surface area contributed by atoms with Crippen molar-refractivity contribution in [2.45, 2.75) is 90.6 Å². The Hall–Kier alpha value is -2.11. The summed E-state index contributed by atoms with van der Waals surface area (Å²) in [5.74, 6) is -1.01. The summed E-state index contributed by atoms with van der Waals surface area (Å²) in [6.45, 7) is 4.51. The van der Waals surface area contributed by atoms with Crippen molar-refractivity contribution in [3.05, 3.63) is 33.2 Å². The van der Waals surface area contributed by atoms with Crippen LogP contribution in [0, 0.1) is 11.8 Å². The second-order valence-corrected chi connectivity index (χ2v) is 9.15. The van der Waals surface area contributed by atoms with Gasteiger partial charge in [0.05, 0.1) is 0 Å². The Morgan fingerprint density at radius 1 is 1.14 bits per heavy atom. The Labute approximate surface area is 172 Å². The van der Waals surface area contributed by atoms with Crippen molar-refractivity contribution in [2.75, 3.05) is 0 Å². The molecule has 0 unspecified atom stereocenters. The monoisotopic (exact) mass is 402 g/mol. The molecule has 0 aliphatic heterocycles. The number of nitrogens with zero attached hydrogens (tertiary/aromatic N) is 1. The van der Waals surface area contributed by atoms with Gasteiger partial charge in [0.2, 0.25) is 0 Å². The van der Waals surface area contributed by atoms with Crippen molar-refractivity contribution in [3.63, 3.8) is 0 Å². The zero-order valence-corrected chi connectivity index (χ0v) is 17.7. The van der Waals surface area contributed by atoms with E-state index in [0.29, 0.717) is 18.9 Å². The lowest BCUT2D eigenvalue weighted by molar-refractivity contribution is -0.139. The van der Waals surface area contributed by atoms with Crippen LogP contribution in [-0.4, -0.2) is 27.6 Å². The van der Waals surface area contributed by atoms with E-state index in [1.165, 1.54) is 19.3 Å². The minimum Gasteiger partial charge on any atom is -0.480 e. The molecule has 6 nitrogen and oxygen atoms in total. The SMILES string of the molecule is CC(C)C[C@H](NC(=O)c1cc2c(n(CC3CCCCC3)c1=O)CCCC2)C(=O)O. The molecule has 1 amide bonds. The van der Waals surface area contributed by atoms with E-state index in [0.717, 1.165) is 49.8 Å². The Morgan fingerprint density at radius 3 is 2.48 bits per heavy atom. The van der Waals surface area contributed by atoms with E-state index in [9.17, 15) is 19.5 Å². The van der Waals surface area contributed by atoms with E-state index in [1.54, 1.807) is 6.07 Å². The van der Waals surface area contributed by atoms with E-state index >= 15 is 0 Å². The third-order valence-electron chi connectivity index (χ3n) is 6.32. The summed E-state index contributed by atoms with van der Waals surface area (Å²) in [6, 6.07) is 0.738. The molecule has 2 aliphatic rings. The summed E-state index contributed by atoms with van der Waals surface area (Å²) in [7, 11) is 0. The van der Waals surface area contributed by atoms with Gasteiger partial charge in [-0.1, -0.05) is 33.1 Å². The number of aliphatic carboxylic acids is 1.